The van der Waals surface area contributed by atoms with Crippen LogP contribution in [0, 0.1) is 11.7 Å². The van der Waals surface area contributed by atoms with Gasteiger partial charge in [-0.2, -0.15) is 0 Å². The van der Waals surface area contributed by atoms with E-state index in [1.54, 1.807) is 12.1 Å². The maximum Gasteiger partial charge on any atom is 0.318 e. The van der Waals surface area contributed by atoms with Crippen LogP contribution < -0.4 is 9.64 Å². The lowest BCUT2D eigenvalue weighted by Gasteiger charge is -2.46. The number of likely N-dealkylation sites (tertiary alicyclic amines) is 1. The minimum absolute atomic E-state index is 0.101. The molecule has 2 aromatic rings. The highest BCUT2D eigenvalue weighted by molar-refractivity contribution is 5.38. The topological polar surface area (TPSA) is 84.1 Å². The van der Waals surface area contributed by atoms with Crippen LogP contribution in [0.2, 0.25) is 0 Å². The zero-order valence-corrected chi connectivity index (χ0v) is 19.4. The monoisotopic (exact) mass is 472 g/mol. The van der Waals surface area contributed by atoms with Crippen LogP contribution in [0.15, 0.2) is 29.0 Å². The van der Waals surface area contributed by atoms with Gasteiger partial charge in [-0.25, -0.2) is 4.39 Å². The quantitative estimate of drug-likeness (QED) is 0.659. The number of aliphatic hydroxyl groups excluding tert-OH is 1. The Kier molecular flexibility index (Phi) is 5.95. The zero-order valence-electron chi connectivity index (χ0n) is 19.4. The van der Waals surface area contributed by atoms with Gasteiger partial charge in [0, 0.05) is 18.2 Å². The van der Waals surface area contributed by atoms with Crippen molar-refractivity contribution in [3.05, 3.63) is 36.0 Å². The van der Waals surface area contributed by atoms with Crippen LogP contribution in [0.5, 0.6) is 5.75 Å². The summed E-state index contributed by atoms with van der Waals surface area (Å²) in [5.74, 6) is 1.50. The maximum absolute atomic E-state index is 14.2. The molecule has 0 unspecified atom stereocenters. The first-order valence-corrected chi connectivity index (χ1v) is 12.6. The fraction of sp³-hybridized carbons (Fsp3) is 0.680. The van der Waals surface area contributed by atoms with Crippen molar-refractivity contribution in [2.24, 2.45) is 5.92 Å². The molecule has 1 saturated carbocycles. The van der Waals surface area contributed by atoms with Gasteiger partial charge in [-0.1, -0.05) is 5.10 Å². The average molecular weight is 473 g/mol. The molecular weight excluding hydrogens is 439 g/mol. The van der Waals surface area contributed by atoms with Gasteiger partial charge in [0.2, 0.25) is 6.39 Å². The van der Waals surface area contributed by atoms with Crippen molar-refractivity contribution in [2.45, 2.75) is 62.2 Å². The molecule has 0 radical (unpaired) electrons. The molecule has 6 rings (SSSR count). The van der Waals surface area contributed by atoms with Crippen LogP contribution in [0.4, 0.5) is 10.4 Å². The smallest absolute Gasteiger partial charge is 0.318 e. The Bertz CT molecular complexity index is 969. The molecule has 0 amide bonds. The van der Waals surface area contributed by atoms with E-state index in [2.05, 4.69) is 20.0 Å². The van der Waals surface area contributed by atoms with Gasteiger partial charge in [0.15, 0.2) is 0 Å². The van der Waals surface area contributed by atoms with Gasteiger partial charge < -0.3 is 23.9 Å². The number of nitrogens with zero attached hydrogens (tertiary/aromatic N) is 4. The molecule has 4 fully saturated rings. The molecule has 4 heterocycles. The number of rotatable bonds is 7. The van der Waals surface area contributed by atoms with Crippen LogP contribution in [0.1, 0.15) is 50.0 Å². The molecule has 8 nitrogen and oxygen atoms in total. The van der Waals surface area contributed by atoms with Gasteiger partial charge in [-0.05, 0) is 81.6 Å². The summed E-state index contributed by atoms with van der Waals surface area (Å²) in [6.07, 6.45) is 7.35. The van der Waals surface area contributed by atoms with Crippen molar-refractivity contribution in [1.82, 2.24) is 15.1 Å². The number of halogens is 1. The number of hydrogen-bond acceptors (Lipinski definition) is 8. The van der Waals surface area contributed by atoms with E-state index in [0.717, 1.165) is 82.6 Å². The molecule has 9 heteroatoms. The summed E-state index contributed by atoms with van der Waals surface area (Å²) in [7, 11) is 0. The summed E-state index contributed by atoms with van der Waals surface area (Å²) in [6, 6.07) is 5.97. The minimum atomic E-state index is -0.196. The lowest BCUT2D eigenvalue weighted by Crippen LogP contribution is -2.62. The molecule has 34 heavy (non-hydrogen) atoms. The average Bonchev–Trinajstić information content (AvgIpc) is 3.48. The van der Waals surface area contributed by atoms with Gasteiger partial charge in [0.1, 0.15) is 17.2 Å². The largest absolute Gasteiger partial charge is 0.490 e. The summed E-state index contributed by atoms with van der Waals surface area (Å²) in [4.78, 5) is 4.62. The van der Waals surface area contributed by atoms with E-state index in [1.807, 2.05) is 0 Å². The summed E-state index contributed by atoms with van der Waals surface area (Å²) < 4.78 is 32.0. The van der Waals surface area contributed by atoms with E-state index in [9.17, 15) is 4.39 Å². The molecule has 3 aliphatic heterocycles. The molecule has 1 atom stereocenters. The third kappa shape index (κ3) is 4.29. The number of anilines is 1. The van der Waals surface area contributed by atoms with Gasteiger partial charge in [-0.3, -0.25) is 4.90 Å². The van der Waals surface area contributed by atoms with E-state index in [0.29, 0.717) is 23.9 Å². The Labute approximate surface area is 199 Å². The Balaban J connectivity index is 1.03. The lowest BCUT2D eigenvalue weighted by atomic mass is 9.80. The van der Waals surface area contributed by atoms with E-state index in [1.165, 1.54) is 12.5 Å². The van der Waals surface area contributed by atoms with Crippen molar-refractivity contribution in [1.29, 1.82) is 0 Å². The van der Waals surface area contributed by atoms with Crippen molar-refractivity contribution in [3.63, 3.8) is 0 Å². The Morgan fingerprint density at radius 1 is 1.21 bits per heavy atom. The van der Waals surface area contributed by atoms with Crippen LogP contribution in [-0.4, -0.2) is 77.3 Å². The molecule has 0 bridgehead atoms. The second-order valence-electron chi connectivity index (χ2n) is 10.5. The third-order valence-electron chi connectivity index (χ3n) is 8.25. The van der Waals surface area contributed by atoms with E-state index < -0.39 is 0 Å². The van der Waals surface area contributed by atoms with Crippen LogP contribution in [-0.2, 0) is 4.74 Å². The summed E-state index contributed by atoms with van der Waals surface area (Å²) >= 11 is 0. The highest BCUT2D eigenvalue weighted by Crippen LogP contribution is 2.42. The zero-order chi connectivity index (χ0) is 23.1. The van der Waals surface area contributed by atoms with Crippen LogP contribution in [0.3, 0.4) is 0 Å². The van der Waals surface area contributed by atoms with Gasteiger partial charge in [0.25, 0.3) is 0 Å². The second-order valence-corrected chi connectivity index (χ2v) is 10.5. The van der Waals surface area contributed by atoms with E-state index >= 15 is 0 Å². The molecule has 1 N–H and O–H groups in total. The van der Waals surface area contributed by atoms with Gasteiger partial charge in [-0.15, -0.1) is 5.10 Å². The van der Waals surface area contributed by atoms with Gasteiger partial charge in [0.05, 0.1) is 25.8 Å². The predicted molar refractivity (Wildman–Crippen MR) is 122 cm³/mol. The van der Waals surface area contributed by atoms with Crippen molar-refractivity contribution in [3.8, 4) is 5.75 Å². The first kappa shape index (κ1) is 22.2. The Hall–Kier alpha value is -2.23. The summed E-state index contributed by atoms with van der Waals surface area (Å²) in [6.45, 7) is 4.56. The standard InChI is InChI=1S/C25H33FN4O4/c26-19-1-2-23(34-21-9-17(10-21)5-8-31)22(11-19)18-3-6-29(7-4-18)20-12-25(33-13-20)14-30(15-25)24-28-27-16-32-24/h1-2,11,16-18,20-21,31H,3-10,12-15H2/t17-,20-,21+/m0/s1. The Morgan fingerprint density at radius 3 is 2.76 bits per heavy atom. The molecule has 184 valence electrons. The molecule has 4 aliphatic rings. The highest BCUT2D eigenvalue weighted by atomic mass is 19.1. The molecule has 1 spiro atoms. The molecule has 1 aromatic carbocycles. The first-order chi connectivity index (χ1) is 16.6. The fourth-order valence-electron chi connectivity index (χ4n) is 6.25. The van der Waals surface area contributed by atoms with Crippen molar-refractivity contribution >= 4 is 6.01 Å². The highest BCUT2D eigenvalue weighted by Gasteiger charge is 2.52. The number of piperidine rings is 1. The molecular formula is C25H33FN4O4. The number of benzene rings is 1. The number of aliphatic hydroxyl groups is 1. The van der Waals surface area contributed by atoms with Crippen molar-refractivity contribution < 1.29 is 23.4 Å². The predicted octanol–water partition coefficient (Wildman–Crippen LogP) is 2.98. The SMILES string of the molecule is OCC[C@H]1C[C@@H](Oc2ccc(F)cc2C2CCN([C@@H]3COC4(C3)CN(c3nnco3)C4)CC2)C1. The number of ether oxygens (including phenoxy) is 2. The van der Waals surface area contributed by atoms with Gasteiger partial charge >= 0.3 is 6.01 Å². The maximum atomic E-state index is 14.2. The summed E-state index contributed by atoms with van der Waals surface area (Å²) in [5, 5.41) is 16.9. The van der Waals surface area contributed by atoms with E-state index in [-0.39, 0.29) is 24.1 Å². The molecule has 1 aliphatic carbocycles. The Morgan fingerprint density at radius 2 is 2.03 bits per heavy atom. The van der Waals surface area contributed by atoms with Crippen molar-refractivity contribution in [2.75, 3.05) is 44.3 Å². The third-order valence-corrected chi connectivity index (χ3v) is 8.25. The van der Waals surface area contributed by atoms with Crippen LogP contribution in [0.25, 0.3) is 0 Å². The lowest BCUT2D eigenvalue weighted by molar-refractivity contribution is -0.0216. The fourth-order valence-corrected chi connectivity index (χ4v) is 6.25. The minimum Gasteiger partial charge on any atom is -0.490 e. The normalized spacial score (nSPS) is 29.2. The second kappa shape index (κ2) is 9.09. The number of hydrogen-bond donors (Lipinski definition) is 1. The summed E-state index contributed by atoms with van der Waals surface area (Å²) in [5.41, 5.74) is 0.912. The molecule has 3 saturated heterocycles. The first-order valence-electron chi connectivity index (χ1n) is 12.6. The van der Waals surface area contributed by atoms with E-state index in [4.69, 9.17) is 19.0 Å². The van der Waals surface area contributed by atoms with Crippen LogP contribution >= 0.6 is 0 Å². The number of aromatic nitrogens is 2. The molecule has 1 aromatic heterocycles.